The lowest BCUT2D eigenvalue weighted by molar-refractivity contribution is 0.198. The molecule has 1 aliphatic rings. The maximum absolute atomic E-state index is 5.38. The Labute approximate surface area is 191 Å². The molecule has 2 N–H and O–H groups in total. The van der Waals surface area contributed by atoms with Gasteiger partial charge in [-0.25, -0.2) is 0 Å². The molecule has 29 heavy (non-hydrogen) atoms. The molecule has 1 fully saturated rings. The van der Waals surface area contributed by atoms with Crippen LogP contribution in [0, 0.1) is 6.92 Å². The number of nitrogens with zero attached hydrogens (tertiary/aromatic N) is 2. The van der Waals surface area contributed by atoms with Crippen LogP contribution in [0.15, 0.2) is 64.7 Å². The minimum atomic E-state index is 0. The summed E-state index contributed by atoms with van der Waals surface area (Å²) in [6.07, 6.45) is 6.62. The summed E-state index contributed by atoms with van der Waals surface area (Å²) in [4.78, 5) is 7.25. The Hall–Kier alpha value is -1.80. The number of aryl methyl sites for hydroxylation is 1. The maximum atomic E-state index is 5.38. The standard InChI is InChI=1S/C23H32N4O.HI/c1-3-13-24-23(25-14-10-22-9-6-17-28-22)26-21-11-15-27(16-12-21)18-20-8-5-4-7-19(20)2;/h3-9,17,21H,1,10-16,18H2,2H3,(H2,24,25,26);1H. The van der Waals surface area contributed by atoms with Gasteiger partial charge in [-0.3, -0.25) is 9.89 Å². The molecule has 1 saturated heterocycles. The number of benzene rings is 1. The van der Waals surface area contributed by atoms with E-state index < -0.39 is 0 Å². The van der Waals surface area contributed by atoms with Gasteiger partial charge in [0.1, 0.15) is 5.76 Å². The fourth-order valence-electron chi connectivity index (χ4n) is 3.51. The van der Waals surface area contributed by atoms with Crippen molar-refractivity contribution in [3.8, 4) is 0 Å². The molecule has 3 rings (SSSR count). The van der Waals surface area contributed by atoms with Crippen molar-refractivity contribution in [2.24, 2.45) is 4.99 Å². The molecule has 0 saturated carbocycles. The van der Waals surface area contributed by atoms with Gasteiger partial charge in [0.05, 0.1) is 6.26 Å². The molecule has 0 aliphatic carbocycles. The maximum Gasteiger partial charge on any atom is 0.191 e. The Kier molecular flexibility index (Phi) is 10.3. The zero-order valence-electron chi connectivity index (χ0n) is 17.3. The molecule has 2 aromatic rings. The first-order valence-corrected chi connectivity index (χ1v) is 10.2. The predicted molar refractivity (Wildman–Crippen MR) is 131 cm³/mol. The Balaban J connectivity index is 0.00000300. The summed E-state index contributed by atoms with van der Waals surface area (Å²) in [6.45, 7) is 10.6. The van der Waals surface area contributed by atoms with Crippen LogP contribution in [0.5, 0.6) is 0 Å². The molecule has 1 aliphatic heterocycles. The summed E-state index contributed by atoms with van der Waals surface area (Å²) in [5.41, 5.74) is 2.81. The van der Waals surface area contributed by atoms with E-state index in [-0.39, 0.29) is 24.0 Å². The van der Waals surface area contributed by atoms with Crippen LogP contribution >= 0.6 is 24.0 Å². The lowest BCUT2D eigenvalue weighted by Gasteiger charge is -2.33. The SMILES string of the molecule is C=CCNC(=NCCc1ccco1)NC1CCN(Cc2ccccc2C)CC1.I. The number of piperidine rings is 1. The smallest absolute Gasteiger partial charge is 0.191 e. The first-order valence-electron chi connectivity index (χ1n) is 10.2. The Morgan fingerprint density at radius 2 is 2.03 bits per heavy atom. The van der Waals surface area contributed by atoms with E-state index in [0.717, 1.165) is 50.6 Å². The van der Waals surface area contributed by atoms with E-state index in [0.29, 0.717) is 19.1 Å². The van der Waals surface area contributed by atoms with Crippen LogP contribution in [0.4, 0.5) is 0 Å². The number of hydrogen-bond donors (Lipinski definition) is 2. The van der Waals surface area contributed by atoms with Gasteiger partial charge >= 0.3 is 0 Å². The zero-order chi connectivity index (χ0) is 19.6. The second-order valence-electron chi connectivity index (χ2n) is 7.35. The third kappa shape index (κ3) is 7.85. The van der Waals surface area contributed by atoms with Crippen LogP contribution in [0.3, 0.4) is 0 Å². The highest BCUT2D eigenvalue weighted by atomic mass is 127. The normalized spacial score (nSPS) is 15.6. The first-order chi connectivity index (χ1) is 13.7. The number of halogens is 1. The molecule has 0 atom stereocenters. The molecule has 0 amide bonds. The molecule has 2 heterocycles. The lowest BCUT2D eigenvalue weighted by atomic mass is 10.0. The van der Waals surface area contributed by atoms with Crippen molar-refractivity contribution in [1.82, 2.24) is 15.5 Å². The zero-order valence-corrected chi connectivity index (χ0v) is 19.6. The third-order valence-corrected chi connectivity index (χ3v) is 5.21. The fourth-order valence-corrected chi connectivity index (χ4v) is 3.51. The van der Waals surface area contributed by atoms with Crippen LogP contribution in [-0.2, 0) is 13.0 Å². The predicted octanol–water partition coefficient (Wildman–Crippen LogP) is 4.13. The van der Waals surface area contributed by atoms with Crippen molar-refractivity contribution in [1.29, 1.82) is 0 Å². The van der Waals surface area contributed by atoms with Crippen molar-refractivity contribution in [2.75, 3.05) is 26.2 Å². The molecule has 0 bridgehead atoms. The van der Waals surface area contributed by atoms with Crippen molar-refractivity contribution < 1.29 is 4.42 Å². The molecule has 5 nitrogen and oxygen atoms in total. The molecule has 0 spiro atoms. The van der Waals surface area contributed by atoms with Gasteiger partial charge in [0, 0.05) is 45.2 Å². The average molecular weight is 508 g/mol. The van der Waals surface area contributed by atoms with Crippen LogP contribution in [0.25, 0.3) is 0 Å². The van der Waals surface area contributed by atoms with Crippen LogP contribution in [-0.4, -0.2) is 43.1 Å². The van der Waals surface area contributed by atoms with E-state index in [9.17, 15) is 0 Å². The topological polar surface area (TPSA) is 52.8 Å². The molecule has 6 heteroatoms. The third-order valence-electron chi connectivity index (χ3n) is 5.21. The minimum absolute atomic E-state index is 0. The summed E-state index contributed by atoms with van der Waals surface area (Å²) >= 11 is 0. The summed E-state index contributed by atoms with van der Waals surface area (Å²) in [7, 11) is 0. The Morgan fingerprint density at radius 1 is 1.24 bits per heavy atom. The number of guanidine groups is 1. The van der Waals surface area contributed by atoms with E-state index in [4.69, 9.17) is 9.41 Å². The van der Waals surface area contributed by atoms with E-state index in [1.54, 1.807) is 6.26 Å². The number of hydrogen-bond acceptors (Lipinski definition) is 3. The lowest BCUT2D eigenvalue weighted by Crippen LogP contribution is -2.48. The van der Waals surface area contributed by atoms with Crippen molar-refractivity contribution >= 4 is 29.9 Å². The van der Waals surface area contributed by atoms with Gasteiger partial charge < -0.3 is 15.1 Å². The first kappa shape index (κ1) is 23.5. The monoisotopic (exact) mass is 508 g/mol. The Bertz CT molecular complexity index is 752. The number of rotatable bonds is 8. The second kappa shape index (κ2) is 12.7. The summed E-state index contributed by atoms with van der Waals surface area (Å²) in [6, 6.07) is 13.0. The highest BCUT2D eigenvalue weighted by Gasteiger charge is 2.20. The van der Waals surface area contributed by atoms with Gasteiger partial charge in [-0.2, -0.15) is 0 Å². The quantitative estimate of drug-likeness (QED) is 0.244. The molecule has 1 aromatic carbocycles. The number of furan rings is 1. The Morgan fingerprint density at radius 3 is 2.72 bits per heavy atom. The fraction of sp³-hybridized carbons (Fsp3) is 0.435. The van der Waals surface area contributed by atoms with Gasteiger partial charge in [0.15, 0.2) is 5.96 Å². The average Bonchev–Trinajstić information content (AvgIpc) is 3.22. The van der Waals surface area contributed by atoms with Crippen molar-refractivity contribution in [3.63, 3.8) is 0 Å². The highest BCUT2D eigenvalue weighted by molar-refractivity contribution is 14.0. The summed E-state index contributed by atoms with van der Waals surface area (Å²) in [5.74, 6) is 1.83. The van der Waals surface area contributed by atoms with Gasteiger partial charge in [-0.1, -0.05) is 30.3 Å². The van der Waals surface area contributed by atoms with Crippen LogP contribution in [0.1, 0.15) is 29.7 Å². The van der Waals surface area contributed by atoms with Crippen LogP contribution in [0.2, 0.25) is 0 Å². The van der Waals surface area contributed by atoms with Gasteiger partial charge in [0.2, 0.25) is 0 Å². The molecular weight excluding hydrogens is 475 g/mol. The van der Waals surface area contributed by atoms with Crippen LogP contribution < -0.4 is 10.6 Å². The van der Waals surface area contributed by atoms with E-state index >= 15 is 0 Å². The van der Waals surface area contributed by atoms with E-state index in [1.165, 1.54) is 11.1 Å². The summed E-state index contributed by atoms with van der Waals surface area (Å²) < 4.78 is 5.38. The van der Waals surface area contributed by atoms with E-state index in [2.05, 4.69) is 53.3 Å². The number of aliphatic imine (C=N–C) groups is 1. The van der Waals surface area contributed by atoms with Gasteiger partial charge in [-0.15, -0.1) is 30.6 Å². The molecule has 0 radical (unpaired) electrons. The number of nitrogens with one attached hydrogen (secondary N) is 2. The summed E-state index contributed by atoms with van der Waals surface area (Å²) in [5, 5.41) is 6.93. The van der Waals surface area contributed by atoms with Crippen molar-refractivity contribution in [3.05, 3.63) is 72.2 Å². The molecule has 158 valence electrons. The molecule has 1 aromatic heterocycles. The second-order valence-corrected chi connectivity index (χ2v) is 7.35. The van der Waals surface area contributed by atoms with E-state index in [1.807, 2.05) is 18.2 Å². The molecular formula is C23H33IN4O. The van der Waals surface area contributed by atoms with Gasteiger partial charge in [-0.05, 0) is 43.0 Å². The number of likely N-dealkylation sites (tertiary alicyclic amines) is 1. The highest BCUT2D eigenvalue weighted by Crippen LogP contribution is 2.16. The van der Waals surface area contributed by atoms with Gasteiger partial charge in [0.25, 0.3) is 0 Å². The molecule has 0 unspecified atom stereocenters. The minimum Gasteiger partial charge on any atom is -0.469 e. The largest absolute Gasteiger partial charge is 0.469 e. The van der Waals surface area contributed by atoms with Crippen molar-refractivity contribution in [2.45, 2.75) is 38.8 Å².